The summed E-state index contributed by atoms with van der Waals surface area (Å²) in [6, 6.07) is 0. The number of aromatic amines is 1. The lowest BCUT2D eigenvalue weighted by molar-refractivity contribution is 0.0478. The molecule has 1 saturated heterocycles. The molecule has 0 amide bonds. The van der Waals surface area contributed by atoms with Crippen molar-refractivity contribution in [3.05, 3.63) is 10.6 Å². The van der Waals surface area contributed by atoms with Crippen LogP contribution in [0.1, 0.15) is 45.0 Å². The summed E-state index contributed by atoms with van der Waals surface area (Å²) in [7, 11) is 0. The van der Waals surface area contributed by atoms with Gasteiger partial charge in [-0.2, -0.15) is 5.10 Å². The summed E-state index contributed by atoms with van der Waals surface area (Å²) in [5, 5.41) is 7.12. The van der Waals surface area contributed by atoms with Crippen LogP contribution in [-0.2, 0) is 11.3 Å². The first-order chi connectivity index (χ1) is 7.22. The van der Waals surface area contributed by atoms with Gasteiger partial charge in [-0.25, -0.2) is 0 Å². The summed E-state index contributed by atoms with van der Waals surface area (Å²) in [6.07, 6.45) is 3.68. The molecule has 1 aromatic heterocycles. The molecule has 0 spiro atoms. The van der Waals surface area contributed by atoms with E-state index in [2.05, 4.69) is 28.6 Å². The van der Waals surface area contributed by atoms with Gasteiger partial charge in [0.15, 0.2) is 10.6 Å². The first-order valence-corrected chi connectivity index (χ1v) is 5.93. The Hall–Kier alpha value is -0.680. The highest BCUT2D eigenvalue weighted by Gasteiger charge is 2.27. The molecule has 0 saturated carbocycles. The molecule has 84 valence electrons. The van der Waals surface area contributed by atoms with Gasteiger partial charge in [0.05, 0.1) is 6.10 Å². The number of hydrogen-bond acceptors (Lipinski definition) is 3. The fourth-order valence-corrected chi connectivity index (χ4v) is 2.24. The number of ether oxygens (including phenoxy) is 1. The Balaban J connectivity index is 2.24. The number of nitrogens with one attached hydrogen (secondary N) is 1. The summed E-state index contributed by atoms with van der Waals surface area (Å²) < 4.78 is 8.56. The molecular formula is C10H17N3OS. The summed E-state index contributed by atoms with van der Waals surface area (Å²) in [6.45, 7) is 5.15. The van der Waals surface area contributed by atoms with Gasteiger partial charge in [0, 0.05) is 6.54 Å². The predicted molar refractivity (Wildman–Crippen MR) is 60.2 cm³/mol. The van der Waals surface area contributed by atoms with Gasteiger partial charge in [-0.1, -0.05) is 6.92 Å². The molecule has 1 aliphatic rings. The number of H-pyrrole nitrogens is 1. The van der Waals surface area contributed by atoms with E-state index in [1.807, 2.05) is 0 Å². The molecule has 15 heavy (non-hydrogen) atoms. The van der Waals surface area contributed by atoms with Gasteiger partial charge in [0.1, 0.15) is 6.10 Å². The zero-order valence-electron chi connectivity index (χ0n) is 9.19. The minimum Gasteiger partial charge on any atom is -0.367 e. The van der Waals surface area contributed by atoms with E-state index in [4.69, 9.17) is 17.0 Å². The van der Waals surface area contributed by atoms with Crippen LogP contribution < -0.4 is 0 Å². The third kappa shape index (κ3) is 2.13. The zero-order valence-corrected chi connectivity index (χ0v) is 10.0. The highest BCUT2D eigenvalue weighted by Crippen LogP contribution is 2.31. The largest absolute Gasteiger partial charge is 0.367 e. The summed E-state index contributed by atoms with van der Waals surface area (Å²) in [4.78, 5) is 0. The lowest BCUT2D eigenvalue weighted by Gasteiger charge is -2.11. The van der Waals surface area contributed by atoms with Crippen molar-refractivity contribution in [3.8, 4) is 0 Å². The maximum atomic E-state index is 5.80. The van der Waals surface area contributed by atoms with Crippen molar-refractivity contribution in [2.75, 3.05) is 0 Å². The Bertz CT molecular complexity index is 384. The molecular weight excluding hydrogens is 210 g/mol. The van der Waals surface area contributed by atoms with Crippen LogP contribution in [0.3, 0.4) is 0 Å². The van der Waals surface area contributed by atoms with Gasteiger partial charge >= 0.3 is 0 Å². The molecule has 0 bridgehead atoms. The molecule has 2 atom stereocenters. The fraction of sp³-hybridized carbons (Fsp3) is 0.800. The lowest BCUT2D eigenvalue weighted by atomic mass is 10.2. The highest BCUT2D eigenvalue weighted by atomic mass is 32.1. The second-order valence-corrected chi connectivity index (χ2v) is 4.44. The van der Waals surface area contributed by atoms with Crippen LogP contribution in [-0.4, -0.2) is 20.9 Å². The maximum absolute atomic E-state index is 5.80. The molecule has 1 N–H and O–H groups in total. The molecule has 0 aromatic carbocycles. The Morgan fingerprint density at radius 1 is 1.60 bits per heavy atom. The fourth-order valence-electron chi connectivity index (χ4n) is 2.01. The van der Waals surface area contributed by atoms with Crippen molar-refractivity contribution in [1.29, 1.82) is 0 Å². The van der Waals surface area contributed by atoms with Gasteiger partial charge in [-0.05, 0) is 38.4 Å². The molecule has 1 aromatic rings. The van der Waals surface area contributed by atoms with Crippen LogP contribution in [0.4, 0.5) is 0 Å². The van der Waals surface area contributed by atoms with Crippen molar-refractivity contribution in [3.63, 3.8) is 0 Å². The molecule has 5 heteroatoms. The van der Waals surface area contributed by atoms with E-state index in [0.29, 0.717) is 10.9 Å². The van der Waals surface area contributed by atoms with Gasteiger partial charge in [0.2, 0.25) is 0 Å². The third-order valence-electron chi connectivity index (χ3n) is 2.75. The second-order valence-electron chi connectivity index (χ2n) is 4.05. The molecule has 2 rings (SSSR count). The van der Waals surface area contributed by atoms with Crippen molar-refractivity contribution < 1.29 is 4.74 Å². The molecule has 1 aliphatic heterocycles. The van der Waals surface area contributed by atoms with Crippen molar-refractivity contribution >= 4 is 12.2 Å². The van der Waals surface area contributed by atoms with Gasteiger partial charge in [-0.15, -0.1) is 0 Å². The number of rotatable bonds is 3. The van der Waals surface area contributed by atoms with E-state index in [1.54, 1.807) is 0 Å². The average Bonchev–Trinajstić information content (AvgIpc) is 2.76. The third-order valence-corrected chi connectivity index (χ3v) is 3.07. The second kappa shape index (κ2) is 4.45. The Kier molecular flexibility index (Phi) is 3.21. The van der Waals surface area contributed by atoms with E-state index >= 15 is 0 Å². The smallest absolute Gasteiger partial charge is 0.195 e. The van der Waals surface area contributed by atoms with E-state index in [-0.39, 0.29) is 6.10 Å². The van der Waals surface area contributed by atoms with Crippen molar-refractivity contribution in [1.82, 2.24) is 14.8 Å². The number of aromatic nitrogens is 3. The molecule has 2 unspecified atom stereocenters. The standard InChI is InChI=1S/C10H17N3OS/c1-3-6-13-9(11-12-10(13)15)8-5-4-7(2)14-8/h7-8H,3-6H2,1-2H3,(H,12,15). The first-order valence-electron chi connectivity index (χ1n) is 5.53. The molecule has 0 aliphatic carbocycles. The topological polar surface area (TPSA) is 42.8 Å². The molecule has 2 heterocycles. The Morgan fingerprint density at radius 3 is 3.00 bits per heavy atom. The number of hydrogen-bond donors (Lipinski definition) is 1. The predicted octanol–water partition coefficient (Wildman–Crippen LogP) is 2.59. The van der Waals surface area contributed by atoms with E-state index in [0.717, 1.165) is 31.6 Å². The normalized spacial score (nSPS) is 26.0. The van der Waals surface area contributed by atoms with Crippen molar-refractivity contribution in [2.24, 2.45) is 0 Å². The Morgan fingerprint density at radius 2 is 2.40 bits per heavy atom. The minimum absolute atomic E-state index is 0.125. The van der Waals surface area contributed by atoms with E-state index in [1.165, 1.54) is 0 Å². The average molecular weight is 227 g/mol. The SMILES string of the molecule is CCCn1c(C2CCC(C)O2)n[nH]c1=S. The van der Waals surface area contributed by atoms with Crippen LogP contribution in [0.5, 0.6) is 0 Å². The molecule has 0 radical (unpaired) electrons. The van der Waals surface area contributed by atoms with Gasteiger partial charge in [-0.3, -0.25) is 5.10 Å². The first kappa shape index (κ1) is 10.8. The molecule has 4 nitrogen and oxygen atoms in total. The zero-order chi connectivity index (χ0) is 10.8. The molecule has 1 fully saturated rings. The van der Waals surface area contributed by atoms with Crippen LogP contribution in [0.15, 0.2) is 0 Å². The summed E-state index contributed by atoms with van der Waals surface area (Å²) in [5.41, 5.74) is 0. The quantitative estimate of drug-likeness (QED) is 0.807. The van der Waals surface area contributed by atoms with Gasteiger partial charge in [0.25, 0.3) is 0 Å². The monoisotopic (exact) mass is 227 g/mol. The summed E-state index contributed by atoms with van der Waals surface area (Å²) >= 11 is 5.19. The summed E-state index contributed by atoms with van der Waals surface area (Å²) in [5.74, 6) is 0.964. The lowest BCUT2D eigenvalue weighted by Crippen LogP contribution is -2.10. The van der Waals surface area contributed by atoms with Crippen LogP contribution in [0.2, 0.25) is 0 Å². The van der Waals surface area contributed by atoms with E-state index in [9.17, 15) is 0 Å². The van der Waals surface area contributed by atoms with Crippen LogP contribution in [0.25, 0.3) is 0 Å². The van der Waals surface area contributed by atoms with Crippen molar-refractivity contribution in [2.45, 2.75) is 51.9 Å². The highest BCUT2D eigenvalue weighted by molar-refractivity contribution is 7.71. The van der Waals surface area contributed by atoms with Crippen LogP contribution >= 0.6 is 12.2 Å². The minimum atomic E-state index is 0.125. The van der Waals surface area contributed by atoms with E-state index < -0.39 is 0 Å². The maximum Gasteiger partial charge on any atom is 0.195 e. The van der Waals surface area contributed by atoms with Crippen LogP contribution in [0, 0.1) is 4.77 Å². The van der Waals surface area contributed by atoms with Gasteiger partial charge < -0.3 is 9.30 Å². The number of nitrogens with zero attached hydrogens (tertiary/aromatic N) is 2. The Labute approximate surface area is 94.6 Å².